The van der Waals surface area contributed by atoms with Crippen LogP contribution >= 0.6 is 0 Å². The third-order valence-electron chi connectivity index (χ3n) is 5.06. The van der Waals surface area contributed by atoms with Crippen LogP contribution in [0.5, 0.6) is 0 Å². The molecule has 5 nitrogen and oxygen atoms in total. The molecule has 0 spiro atoms. The molecule has 1 N–H and O–H groups in total. The lowest BCUT2D eigenvalue weighted by Crippen LogP contribution is -2.37. The molecule has 1 aliphatic heterocycles. The Morgan fingerprint density at radius 1 is 1.32 bits per heavy atom. The second-order valence-corrected chi connectivity index (χ2v) is 8.71. The number of nitrogens with one attached hydrogen (secondary N) is 1. The minimum Gasteiger partial charge on any atom is -0.329 e. The van der Waals surface area contributed by atoms with Gasteiger partial charge in [0, 0.05) is 17.6 Å². The van der Waals surface area contributed by atoms with Gasteiger partial charge < -0.3 is 4.90 Å². The van der Waals surface area contributed by atoms with Crippen LogP contribution < -0.4 is 4.72 Å². The molecule has 2 aliphatic rings. The number of carbonyl (C=O) groups is 1. The zero-order valence-electron chi connectivity index (χ0n) is 14.9. The van der Waals surface area contributed by atoms with E-state index in [1.165, 1.54) is 6.07 Å². The average Bonchev–Trinajstić information content (AvgIpc) is 3.17. The largest absolute Gasteiger partial charge is 0.329 e. The highest BCUT2D eigenvalue weighted by Gasteiger charge is 2.45. The van der Waals surface area contributed by atoms with Gasteiger partial charge in [-0.05, 0) is 43.9 Å². The molecule has 1 aliphatic carbocycles. The van der Waals surface area contributed by atoms with E-state index < -0.39 is 10.0 Å². The van der Waals surface area contributed by atoms with Gasteiger partial charge in [-0.1, -0.05) is 38.5 Å². The Bertz CT molecular complexity index is 782. The summed E-state index contributed by atoms with van der Waals surface area (Å²) in [6.07, 6.45) is 8.43. The minimum atomic E-state index is -3.61. The smallest absolute Gasteiger partial charge is 0.254 e. The molecule has 1 atom stereocenters. The molecule has 1 aromatic carbocycles. The Hall–Kier alpha value is -1.66. The highest BCUT2D eigenvalue weighted by Crippen LogP contribution is 2.41. The molecular weight excluding hydrogens is 336 g/mol. The summed E-state index contributed by atoms with van der Waals surface area (Å²) in [7, 11) is -3.61. The maximum atomic E-state index is 12.8. The van der Waals surface area contributed by atoms with Crippen molar-refractivity contribution in [3.05, 3.63) is 42.0 Å². The third-order valence-corrected chi connectivity index (χ3v) is 6.64. The van der Waals surface area contributed by atoms with Crippen molar-refractivity contribution in [1.82, 2.24) is 9.62 Å². The van der Waals surface area contributed by atoms with Gasteiger partial charge >= 0.3 is 0 Å². The van der Waals surface area contributed by atoms with E-state index in [0.29, 0.717) is 12.1 Å². The Morgan fingerprint density at radius 3 is 2.72 bits per heavy atom. The number of hydrogen-bond donors (Lipinski definition) is 1. The standard InChI is InChI=1S/C19H26N2O3S/c1-3-10-19(11-12-19)20-25(23,24)17-9-5-7-15(14-17)18(22)21-13-6-8-16(21)4-2/h5-9,14,16,20H,3-4,10-13H2,1-2H3. The van der Waals surface area contributed by atoms with Crippen LogP contribution in [0.4, 0.5) is 0 Å². The number of carbonyl (C=O) groups excluding carboxylic acids is 1. The molecule has 6 heteroatoms. The van der Waals surface area contributed by atoms with Crippen LogP contribution in [-0.4, -0.2) is 37.4 Å². The van der Waals surface area contributed by atoms with Gasteiger partial charge in [-0.25, -0.2) is 13.1 Å². The molecule has 1 fully saturated rings. The van der Waals surface area contributed by atoms with Crippen LogP contribution in [0.2, 0.25) is 0 Å². The molecule has 1 unspecified atom stereocenters. The lowest BCUT2D eigenvalue weighted by Gasteiger charge is -2.24. The van der Waals surface area contributed by atoms with Crippen molar-refractivity contribution in [2.45, 2.75) is 62.4 Å². The van der Waals surface area contributed by atoms with Gasteiger partial charge in [0.25, 0.3) is 5.91 Å². The van der Waals surface area contributed by atoms with Crippen molar-refractivity contribution >= 4 is 15.9 Å². The molecular formula is C19H26N2O3S. The van der Waals surface area contributed by atoms with Crippen LogP contribution in [0.1, 0.15) is 56.3 Å². The molecule has 0 bridgehead atoms. The van der Waals surface area contributed by atoms with Crippen LogP contribution in [0.3, 0.4) is 0 Å². The number of hydrogen-bond acceptors (Lipinski definition) is 3. The van der Waals surface area contributed by atoms with Gasteiger partial charge in [0.05, 0.1) is 10.9 Å². The summed E-state index contributed by atoms with van der Waals surface area (Å²) in [5.74, 6) is -0.122. The summed E-state index contributed by atoms with van der Waals surface area (Å²) >= 11 is 0. The predicted molar refractivity (Wildman–Crippen MR) is 97.9 cm³/mol. The van der Waals surface area contributed by atoms with E-state index in [0.717, 1.165) is 32.1 Å². The van der Waals surface area contributed by atoms with Crippen LogP contribution in [0, 0.1) is 0 Å². The van der Waals surface area contributed by atoms with E-state index in [9.17, 15) is 13.2 Å². The fourth-order valence-electron chi connectivity index (χ4n) is 3.50. The maximum absolute atomic E-state index is 12.8. The summed E-state index contributed by atoms with van der Waals surface area (Å²) in [6.45, 7) is 4.67. The number of sulfonamides is 1. The van der Waals surface area contributed by atoms with Gasteiger partial charge in [0.2, 0.25) is 10.0 Å². The minimum absolute atomic E-state index is 0.0881. The topological polar surface area (TPSA) is 66.5 Å². The fraction of sp³-hybridized carbons (Fsp3) is 0.526. The highest BCUT2D eigenvalue weighted by molar-refractivity contribution is 7.89. The lowest BCUT2D eigenvalue weighted by atomic mass is 10.1. The molecule has 1 saturated carbocycles. The van der Waals surface area contributed by atoms with Crippen LogP contribution in [0.15, 0.2) is 41.3 Å². The molecule has 1 amide bonds. The van der Waals surface area contributed by atoms with Gasteiger partial charge in [0.15, 0.2) is 0 Å². The molecule has 0 aromatic heterocycles. The molecule has 136 valence electrons. The van der Waals surface area contributed by atoms with E-state index in [1.54, 1.807) is 23.1 Å². The zero-order chi connectivity index (χ0) is 18.1. The molecule has 0 radical (unpaired) electrons. The first kappa shape index (κ1) is 18.1. The summed E-state index contributed by atoms with van der Waals surface area (Å²) in [5, 5.41) is 0. The first-order valence-electron chi connectivity index (χ1n) is 9.02. The summed E-state index contributed by atoms with van der Waals surface area (Å²) in [6, 6.07) is 6.47. The van der Waals surface area contributed by atoms with Crippen molar-refractivity contribution < 1.29 is 13.2 Å². The van der Waals surface area contributed by atoms with Crippen molar-refractivity contribution in [1.29, 1.82) is 0 Å². The van der Waals surface area contributed by atoms with Gasteiger partial charge in [-0.2, -0.15) is 0 Å². The SMILES string of the molecule is CCCC1(NS(=O)(=O)c2cccc(C(=O)N3CC=CC3CC)c2)CC1. The van der Waals surface area contributed by atoms with Crippen molar-refractivity contribution in [2.75, 3.05) is 6.54 Å². The second kappa shape index (κ2) is 6.92. The van der Waals surface area contributed by atoms with Gasteiger partial charge in [0.1, 0.15) is 0 Å². The first-order valence-corrected chi connectivity index (χ1v) is 10.5. The average molecular weight is 362 g/mol. The van der Waals surface area contributed by atoms with Crippen LogP contribution in [0.25, 0.3) is 0 Å². The summed E-state index contributed by atoms with van der Waals surface area (Å²) < 4.78 is 28.3. The van der Waals surface area contributed by atoms with Crippen molar-refractivity contribution in [3.8, 4) is 0 Å². The van der Waals surface area contributed by atoms with Gasteiger partial charge in [-0.3, -0.25) is 4.79 Å². The Balaban J connectivity index is 1.80. The number of amides is 1. The Labute approximate surface area is 150 Å². The molecule has 0 saturated heterocycles. The van der Waals surface area contributed by atoms with Gasteiger partial charge in [-0.15, -0.1) is 0 Å². The molecule has 25 heavy (non-hydrogen) atoms. The molecule has 1 heterocycles. The predicted octanol–water partition coefficient (Wildman–Crippen LogP) is 3.09. The zero-order valence-corrected chi connectivity index (χ0v) is 15.7. The summed E-state index contributed by atoms with van der Waals surface area (Å²) in [5.41, 5.74) is 0.144. The normalized spacial score (nSPS) is 21.5. The number of rotatable bonds is 7. The Kier molecular flexibility index (Phi) is 5.02. The number of nitrogens with zero attached hydrogens (tertiary/aromatic N) is 1. The monoisotopic (exact) mass is 362 g/mol. The van der Waals surface area contributed by atoms with Crippen molar-refractivity contribution in [3.63, 3.8) is 0 Å². The van der Waals surface area contributed by atoms with E-state index in [2.05, 4.69) is 11.6 Å². The second-order valence-electron chi connectivity index (χ2n) is 7.02. The quantitative estimate of drug-likeness (QED) is 0.758. The first-order chi connectivity index (χ1) is 11.9. The van der Waals surface area contributed by atoms with E-state index >= 15 is 0 Å². The van der Waals surface area contributed by atoms with Crippen molar-refractivity contribution in [2.24, 2.45) is 0 Å². The fourth-order valence-corrected chi connectivity index (χ4v) is 5.03. The highest BCUT2D eigenvalue weighted by atomic mass is 32.2. The summed E-state index contributed by atoms with van der Waals surface area (Å²) in [4.78, 5) is 14.7. The van der Waals surface area contributed by atoms with E-state index in [-0.39, 0.29) is 22.4 Å². The molecule has 3 rings (SSSR count). The molecule has 1 aromatic rings. The Morgan fingerprint density at radius 2 is 2.08 bits per heavy atom. The third kappa shape index (κ3) is 3.80. The van der Waals surface area contributed by atoms with Crippen LogP contribution in [-0.2, 0) is 10.0 Å². The number of benzene rings is 1. The van der Waals surface area contributed by atoms with E-state index in [4.69, 9.17) is 0 Å². The van der Waals surface area contributed by atoms with E-state index in [1.807, 2.05) is 19.1 Å². The maximum Gasteiger partial charge on any atom is 0.254 e. The lowest BCUT2D eigenvalue weighted by molar-refractivity contribution is 0.0747.